The smallest absolute Gasteiger partial charge is 0.0955 e. The monoisotopic (exact) mass is 158 g/mol. The molecule has 1 aliphatic carbocycles. The molecule has 1 saturated carbocycles. The third kappa shape index (κ3) is 1.70. The first kappa shape index (κ1) is 8.93. The summed E-state index contributed by atoms with van der Waals surface area (Å²) in [6, 6.07) is 0. The third-order valence-electron chi connectivity index (χ3n) is 2.55. The standard InChI is InChI=1S/C7H18N4/c8-6(9)4-2-1-3-5-7(6,10)11/h1-5,8-11H2. The lowest BCUT2D eigenvalue weighted by Crippen LogP contribution is -2.75. The van der Waals surface area contributed by atoms with Crippen LogP contribution in [0.1, 0.15) is 32.1 Å². The Morgan fingerprint density at radius 3 is 1.36 bits per heavy atom. The van der Waals surface area contributed by atoms with Crippen LogP contribution in [-0.4, -0.2) is 11.3 Å². The van der Waals surface area contributed by atoms with E-state index in [0.717, 1.165) is 32.1 Å². The van der Waals surface area contributed by atoms with Crippen LogP contribution in [0.15, 0.2) is 0 Å². The molecule has 0 atom stereocenters. The zero-order chi connectivity index (χ0) is 8.54. The molecule has 0 aromatic heterocycles. The van der Waals surface area contributed by atoms with Crippen molar-refractivity contribution in [3.05, 3.63) is 0 Å². The highest BCUT2D eigenvalue weighted by atomic mass is 15.1. The van der Waals surface area contributed by atoms with Crippen LogP contribution < -0.4 is 22.9 Å². The molecule has 0 aliphatic heterocycles. The zero-order valence-electron chi connectivity index (χ0n) is 6.84. The molecule has 66 valence electrons. The van der Waals surface area contributed by atoms with Crippen molar-refractivity contribution in [2.45, 2.75) is 43.4 Å². The van der Waals surface area contributed by atoms with Crippen LogP contribution in [0.2, 0.25) is 0 Å². The fourth-order valence-electron chi connectivity index (χ4n) is 1.48. The lowest BCUT2D eigenvalue weighted by atomic mass is 9.91. The summed E-state index contributed by atoms with van der Waals surface area (Å²) in [6.07, 6.45) is 4.64. The van der Waals surface area contributed by atoms with Gasteiger partial charge in [-0.2, -0.15) is 0 Å². The van der Waals surface area contributed by atoms with Crippen molar-refractivity contribution in [1.82, 2.24) is 0 Å². The SMILES string of the molecule is NC1(N)CCCCCC1(N)N. The minimum Gasteiger partial charge on any atom is -0.311 e. The largest absolute Gasteiger partial charge is 0.311 e. The summed E-state index contributed by atoms with van der Waals surface area (Å²) in [5, 5.41) is 0. The Labute approximate surface area is 67.3 Å². The number of hydrogen-bond donors (Lipinski definition) is 4. The van der Waals surface area contributed by atoms with E-state index in [1.54, 1.807) is 0 Å². The first-order chi connectivity index (χ1) is 4.96. The summed E-state index contributed by atoms with van der Waals surface area (Å²) in [6.45, 7) is 0. The fraction of sp³-hybridized carbons (Fsp3) is 1.00. The van der Waals surface area contributed by atoms with Gasteiger partial charge in [0.1, 0.15) is 0 Å². The summed E-state index contributed by atoms with van der Waals surface area (Å²) in [5.74, 6) is 0. The van der Waals surface area contributed by atoms with Gasteiger partial charge in [-0.05, 0) is 12.8 Å². The lowest BCUT2D eigenvalue weighted by molar-refractivity contribution is 0.216. The molecule has 0 aromatic carbocycles. The first-order valence-electron chi connectivity index (χ1n) is 4.11. The normalized spacial score (nSPS) is 29.5. The molecule has 1 aliphatic rings. The van der Waals surface area contributed by atoms with Gasteiger partial charge in [-0.1, -0.05) is 19.3 Å². The Balaban J connectivity index is 2.72. The zero-order valence-corrected chi connectivity index (χ0v) is 6.84. The van der Waals surface area contributed by atoms with E-state index in [0.29, 0.717) is 0 Å². The maximum absolute atomic E-state index is 5.78. The molecule has 4 nitrogen and oxygen atoms in total. The molecule has 0 heterocycles. The fourth-order valence-corrected chi connectivity index (χ4v) is 1.48. The molecule has 0 aromatic rings. The highest BCUT2D eigenvalue weighted by Gasteiger charge is 2.40. The van der Waals surface area contributed by atoms with Crippen LogP contribution in [0, 0.1) is 0 Å². The van der Waals surface area contributed by atoms with Gasteiger partial charge in [0.2, 0.25) is 0 Å². The molecule has 0 unspecified atom stereocenters. The van der Waals surface area contributed by atoms with Crippen molar-refractivity contribution < 1.29 is 0 Å². The first-order valence-corrected chi connectivity index (χ1v) is 4.11. The Hall–Kier alpha value is -0.160. The second-order valence-corrected chi connectivity index (χ2v) is 3.64. The van der Waals surface area contributed by atoms with Crippen molar-refractivity contribution in [2.75, 3.05) is 0 Å². The molecule has 0 saturated heterocycles. The Bertz CT molecular complexity index is 125. The van der Waals surface area contributed by atoms with Crippen LogP contribution in [0.4, 0.5) is 0 Å². The van der Waals surface area contributed by atoms with Crippen molar-refractivity contribution in [1.29, 1.82) is 0 Å². The number of hydrogen-bond acceptors (Lipinski definition) is 4. The molecule has 1 rings (SSSR count). The van der Waals surface area contributed by atoms with Gasteiger partial charge in [0.05, 0.1) is 11.3 Å². The quantitative estimate of drug-likeness (QED) is 0.273. The van der Waals surface area contributed by atoms with Crippen LogP contribution in [0.5, 0.6) is 0 Å². The van der Waals surface area contributed by atoms with E-state index < -0.39 is 11.3 Å². The van der Waals surface area contributed by atoms with E-state index in [9.17, 15) is 0 Å². The average Bonchev–Trinajstić information content (AvgIpc) is 1.94. The van der Waals surface area contributed by atoms with Gasteiger partial charge in [0.25, 0.3) is 0 Å². The molecule has 4 heteroatoms. The second-order valence-electron chi connectivity index (χ2n) is 3.64. The second kappa shape index (κ2) is 2.71. The topological polar surface area (TPSA) is 104 Å². The predicted octanol–water partition coefficient (Wildman–Crippen LogP) is -0.822. The van der Waals surface area contributed by atoms with Gasteiger partial charge in [-0.15, -0.1) is 0 Å². The average molecular weight is 158 g/mol. The van der Waals surface area contributed by atoms with Gasteiger partial charge < -0.3 is 22.9 Å². The van der Waals surface area contributed by atoms with Crippen LogP contribution >= 0.6 is 0 Å². The highest BCUT2D eigenvalue weighted by Crippen LogP contribution is 2.24. The molecule has 0 bridgehead atoms. The van der Waals surface area contributed by atoms with Gasteiger partial charge in [0.15, 0.2) is 0 Å². The van der Waals surface area contributed by atoms with Crippen molar-refractivity contribution >= 4 is 0 Å². The third-order valence-corrected chi connectivity index (χ3v) is 2.55. The molecule has 1 fully saturated rings. The summed E-state index contributed by atoms with van der Waals surface area (Å²) >= 11 is 0. The summed E-state index contributed by atoms with van der Waals surface area (Å²) < 4.78 is 0. The number of nitrogens with two attached hydrogens (primary N) is 4. The van der Waals surface area contributed by atoms with Gasteiger partial charge in [-0.25, -0.2) is 0 Å². The van der Waals surface area contributed by atoms with Crippen molar-refractivity contribution in [3.63, 3.8) is 0 Å². The van der Waals surface area contributed by atoms with E-state index in [1.807, 2.05) is 0 Å². The van der Waals surface area contributed by atoms with Crippen molar-refractivity contribution in [2.24, 2.45) is 22.9 Å². The van der Waals surface area contributed by atoms with E-state index in [-0.39, 0.29) is 0 Å². The summed E-state index contributed by atoms with van der Waals surface area (Å²) in [5.41, 5.74) is 21.4. The molecule has 11 heavy (non-hydrogen) atoms. The Morgan fingerprint density at radius 2 is 1.00 bits per heavy atom. The lowest BCUT2D eigenvalue weighted by Gasteiger charge is -2.38. The van der Waals surface area contributed by atoms with E-state index in [1.165, 1.54) is 0 Å². The maximum Gasteiger partial charge on any atom is 0.0955 e. The van der Waals surface area contributed by atoms with Gasteiger partial charge >= 0.3 is 0 Å². The molecule has 0 radical (unpaired) electrons. The minimum absolute atomic E-state index is 0.722. The highest BCUT2D eigenvalue weighted by molar-refractivity contribution is 5.00. The summed E-state index contributed by atoms with van der Waals surface area (Å²) in [7, 11) is 0. The van der Waals surface area contributed by atoms with Crippen LogP contribution in [0.25, 0.3) is 0 Å². The minimum atomic E-state index is -0.885. The molecule has 0 amide bonds. The molecule has 8 N–H and O–H groups in total. The maximum atomic E-state index is 5.78. The van der Waals surface area contributed by atoms with Gasteiger partial charge in [0, 0.05) is 0 Å². The Kier molecular flexibility index (Phi) is 2.20. The number of rotatable bonds is 0. The van der Waals surface area contributed by atoms with Gasteiger partial charge in [-0.3, -0.25) is 0 Å². The van der Waals surface area contributed by atoms with E-state index in [4.69, 9.17) is 22.9 Å². The van der Waals surface area contributed by atoms with Crippen LogP contribution in [0.3, 0.4) is 0 Å². The molecular formula is C7H18N4. The Morgan fingerprint density at radius 1 is 0.636 bits per heavy atom. The van der Waals surface area contributed by atoms with Crippen LogP contribution in [-0.2, 0) is 0 Å². The predicted molar refractivity (Wildman–Crippen MR) is 45.3 cm³/mol. The van der Waals surface area contributed by atoms with E-state index in [2.05, 4.69) is 0 Å². The molecular weight excluding hydrogens is 140 g/mol. The van der Waals surface area contributed by atoms with E-state index >= 15 is 0 Å². The summed E-state index contributed by atoms with van der Waals surface area (Å²) in [4.78, 5) is 0. The molecule has 0 spiro atoms. The van der Waals surface area contributed by atoms with Crippen molar-refractivity contribution in [3.8, 4) is 0 Å².